The monoisotopic (exact) mass is 571 g/mol. The van der Waals surface area contributed by atoms with Crippen LogP contribution in [0.3, 0.4) is 0 Å². The molecule has 1 aromatic heterocycles. The predicted octanol–water partition coefficient (Wildman–Crippen LogP) is 8.42. The molecule has 0 aliphatic carbocycles. The third kappa shape index (κ3) is 5.83. The number of alkyl halides is 3. The molecule has 4 nitrogen and oxygen atoms in total. The smallest absolute Gasteiger partial charge is 0.406 e. The highest BCUT2D eigenvalue weighted by atomic mass is 35.5. The molecule has 0 saturated carbocycles. The van der Waals surface area contributed by atoms with Crippen LogP contribution in [-0.4, -0.2) is 33.8 Å². The van der Waals surface area contributed by atoms with Crippen LogP contribution in [0.15, 0.2) is 84.0 Å². The summed E-state index contributed by atoms with van der Waals surface area (Å²) in [5, 5.41) is 8.53. The molecule has 5 aromatic rings. The summed E-state index contributed by atoms with van der Waals surface area (Å²) in [4.78, 5) is 5.22. The maximum Gasteiger partial charge on any atom is 0.573 e. The van der Waals surface area contributed by atoms with Gasteiger partial charge in [0.25, 0.3) is 0 Å². The molecule has 0 spiro atoms. The van der Waals surface area contributed by atoms with Gasteiger partial charge in [-0.05, 0) is 70.4 Å². The summed E-state index contributed by atoms with van der Waals surface area (Å²) in [6.07, 6.45) is -0.746. The lowest BCUT2D eigenvalue weighted by Gasteiger charge is -2.10. The van der Waals surface area contributed by atoms with Crippen molar-refractivity contribution in [1.82, 2.24) is 9.78 Å². The van der Waals surface area contributed by atoms with E-state index in [1.807, 2.05) is 30.3 Å². The number of benzene rings is 4. The van der Waals surface area contributed by atoms with Crippen LogP contribution in [-0.2, 0) is 6.42 Å². The SMILES string of the molecule is FC(F)(F)Oc1ccc(-n2ncc3c4ccc(C=NCC(=S)Cc5c(Cl)cccc5Cl)cc4ccc32)cc1. The van der Waals surface area contributed by atoms with E-state index in [0.717, 1.165) is 37.7 Å². The number of rotatable bonds is 7. The molecular formula is C28H18Cl2F3N3OS. The average Bonchev–Trinajstić information content (AvgIpc) is 3.30. The first kappa shape index (κ1) is 26.2. The molecule has 0 fully saturated rings. The van der Waals surface area contributed by atoms with Gasteiger partial charge in [-0.2, -0.15) is 5.10 Å². The summed E-state index contributed by atoms with van der Waals surface area (Å²) < 4.78 is 43.0. The molecule has 0 atom stereocenters. The number of nitrogens with zero attached hydrogens (tertiary/aromatic N) is 3. The van der Waals surface area contributed by atoms with Crippen molar-refractivity contribution in [1.29, 1.82) is 0 Å². The standard InChI is InChI=1S/C28H18Cl2F3N3OS/c29-25-2-1-3-26(30)23(25)13-21(38)15-34-14-17-4-10-22-18(12-17)5-11-27-24(22)16-35-36(27)19-6-8-20(9-7-19)37-28(31,32)33/h1-12,14,16H,13,15H2. The number of thiocarbonyl (C=S) groups is 1. The summed E-state index contributed by atoms with van der Waals surface area (Å²) in [7, 11) is 0. The largest absolute Gasteiger partial charge is 0.573 e. The molecule has 0 amide bonds. The molecule has 0 saturated heterocycles. The number of halogens is 5. The van der Waals surface area contributed by atoms with Gasteiger partial charge < -0.3 is 4.74 Å². The van der Waals surface area contributed by atoms with E-state index in [1.54, 1.807) is 35.3 Å². The van der Waals surface area contributed by atoms with E-state index in [-0.39, 0.29) is 5.75 Å². The van der Waals surface area contributed by atoms with Crippen molar-refractivity contribution in [3.05, 3.63) is 100 Å². The second-order valence-electron chi connectivity index (χ2n) is 8.46. The van der Waals surface area contributed by atoms with Crippen LogP contribution in [0.2, 0.25) is 10.0 Å². The van der Waals surface area contributed by atoms with Crippen LogP contribution < -0.4 is 4.74 Å². The Labute approximate surface area is 231 Å². The fourth-order valence-corrected chi connectivity index (χ4v) is 4.89. The summed E-state index contributed by atoms with van der Waals surface area (Å²) in [6, 6.07) is 20.8. The number of aliphatic imine (C=N–C) groups is 1. The summed E-state index contributed by atoms with van der Waals surface area (Å²) in [5.74, 6) is -0.286. The summed E-state index contributed by atoms with van der Waals surface area (Å²) in [6.45, 7) is 0.369. The van der Waals surface area contributed by atoms with Gasteiger partial charge in [0, 0.05) is 32.9 Å². The van der Waals surface area contributed by atoms with Crippen molar-refractivity contribution >= 4 is 68.2 Å². The number of hydrogen-bond acceptors (Lipinski definition) is 4. The number of hydrogen-bond donors (Lipinski definition) is 0. The molecule has 0 aliphatic rings. The highest BCUT2D eigenvalue weighted by Gasteiger charge is 2.31. The van der Waals surface area contributed by atoms with Gasteiger partial charge in [-0.3, -0.25) is 4.99 Å². The maximum absolute atomic E-state index is 12.4. The highest BCUT2D eigenvalue weighted by Crippen LogP contribution is 2.29. The van der Waals surface area contributed by atoms with E-state index in [9.17, 15) is 13.2 Å². The van der Waals surface area contributed by atoms with E-state index >= 15 is 0 Å². The number of fused-ring (bicyclic) bond motifs is 3. The van der Waals surface area contributed by atoms with Gasteiger partial charge >= 0.3 is 6.36 Å². The molecule has 1 heterocycles. The molecule has 0 N–H and O–H groups in total. The van der Waals surface area contributed by atoms with Crippen molar-refractivity contribution < 1.29 is 17.9 Å². The summed E-state index contributed by atoms with van der Waals surface area (Å²) >= 11 is 17.9. The minimum atomic E-state index is -4.74. The van der Waals surface area contributed by atoms with E-state index < -0.39 is 6.36 Å². The quantitative estimate of drug-likeness (QED) is 0.145. The zero-order chi connectivity index (χ0) is 26.9. The third-order valence-electron chi connectivity index (χ3n) is 5.85. The minimum Gasteiger partial charge on any atom is -0.406 e. The predicted molar refractivity (Wildman–Crippen MR) is 150 cm³/mol. The summed E-state index contributed by atoms with van der Waals surface area (Å²) in [5.41, 5.74) is 3.17. The Morgan fingerprint density at radius 1 is 0.974 bits per heavy atom. The Morgan fingerprint density at radius 3 is 2.42 bits per heavy atom. The average molecular weight is 572 g/mol. The van der Waals surface area contributed by atoms with E-state index in [1.165, 1.54) is 24.3 Å². The topological polar surface area (TPSA) is 39.4 Å². The van der Waals surface area contributed by atoms with Gasteiger partial charge in [0.1, 0.15) is 5.75 Å². The minimum absolute atomic E-state index is 0.286. The van der Waals surface area contributed by atoms with Gasteiger partial charge in [-0.15, -0.1) is 13.2 Å². The highest BCUT2D eigenvalue weighted by molar-refractivity contribution is 7.80. The number of ether oxygens (including phenoxy) is 1. The molecule has 0 aliphatic heterocycles. The molecule has 0 unspecified atom stereocenters. The molecule has 5 rings (SSSR count). The van der Waals surface area contributed by atoms with Gasteiger partial charge in [0.2, 0.25) is 0 Å². The normalized spacial score (nSPS) is 12.0. The van der Waals surface area contributed by atoms with E-state index in [0.29, 0.717) is 28.7 Å². The lowest BCUT2D eigenvalue weighted by Crippen LogP contribution is -2.17. The van der Waals surface area contributed by atoms with Crippen LogP contribution in [0, 0.1) is 0 Å². The fourth-order valence-electron chi connectivity index (χ4n) is 4.14. The second kappa shape index (κ2) is 10.7. The Kier molecular flexibility index (Phi) is 7.38. The van der Waals surface area contributed by atoms with Gasteiger partial charge in [0.05, 0.1) is 23.9 Å². The Bertz CT molecular complexity index is 1660. The maximum atomic E-state index is 12.4. The van der Waals surface area contributed by atoms with Crippen LogP contribution in [0.1, 0.15) is 11.1 Å². The third-order valence-corrected chi connectivity index (χ3v) is 6.83. The molecule has 38 heavy (non-hydrogen) atoms. The Balaban J connectivity index is 1.32. The van der Waals surface area contributed by atoms with E-state index in [2.05, 4.69) is 14.8 Å². The van der Waals surface area contributed by atoms with Gasteiger partial charge in [-0.1, -0.05) is 59.7 Å². The fraction of sp³-hybridized carbons (Fsp3) is 0.107. The Hall–Kier alpha value is -3.46. The van der Waals surface area contributed by atoms with Gasteiger partial charge in [0.15, 0.2) is 0 Å². The van der Waals surface area contributed by atoms with Crippen LogP contribution in [0.25, 0.3) is 27.4 Å². The first-order valence-corrected chi connectivity index (χ1v) is 12.6. The van der Waals surface area contributed by atoms with Crippen molar-refractivity contribution in [2.45, 2.75) is 12.8 Å². The number of aromatic nitrogens is 2. The molecule has 0 radical (unpaired) electrons. The molecule has 0 bridgehead atoms. The zero-order valence-electron chi connectivity index (χ0n) is 19.5. The van der Waals surface area contributed by atoms with Crippen LogP contribution >= 0.6 is 35.4 Å². The van der Waals surface area contributed by atoms with Crippen LogP contribution in [0.5, 0.6) is 5.75 Å². The second-order valence-corrected chi connectivity index (χ2v) is 9.85. The molecule has 192 valence electrons. The molecule has 4 aromatic carbocycles. The first-order valence-electron chi connectivity index (χ1n) is 11.4. The first-order chi connectivity index (χ1) is 18.2. The van der Waals surface area contributed by atoms with Gasteiger partial charge in [-0.25, -0.2) is 4.68 Å². The molecule has 10 heteroatoms. The molecular weight excluding hydrogens is 554 g/mol. The van der Waals surface area contributed by atoms with Crippen molar-refractivity contribution in [3.8, 4) is 11.4 Å². The lowest BCUT2D eigenvalue weighted by atomic mass is 10.0. The lowest BCUT2D eigenvalue weighted by molar-refractivity contribution is -0.274. The van der Waals surface area contributed by atoms with E-state index in [4.69, 9.17) is 35.4 Å². The van der Waals surface area contributed by atoms with Crippen molar-refractivity contribution in [2.75, 3.05) is 6.54 Å². The Morgan fingerprint density at radius 2 is 1.71 bits per heavy atom. The zero-order valence-corrected chi connectivity index (χ0v) is 21.9. The van der Waals surface area contributed by atoms with Crippen molar-refractivity contribution in [2.24, 2.45) is 4.99 Å². The van der Waals surface area contributed by atoms with Crippen LogP contribution in [0.4, 0.5) is 13.2 Å². The van der Waals surface area contributed by atoms with Crippen molar-refractivity contribution in [3.63, 3.8) is 0 Å².